The number of nitrogens with one attached hydrogen (secondary N) is 1. The lowest BCUT2D eigenvalue weighted by Crippen LogP contribution is -2.43. The Morgan fingerprint density at radius 1 is 0.714 bits per heavy atom. The van der Waals surface area contributed by atoms with E-state index in [4.69, 9.17) is 17.8 Å². The average Bonchev–Trinajstić information content (AvgIpc) is 3.32. The van der Waals surface area contributed by atoms with Crippen molar-refractivity contribution in [2.24, 2.45) is 0 Å². The van der Waals surface area contributed by atoms with Gasteiger partial charge in [-0.3, -0.25) is 22.7 Å². The van der Waals surface area contributed by atoms with Gasteiger partial charge in [0.2, 0.25) is 9.05 Å². The van der Waals surface area contributed by atoms with Crippen LogP contribution in [-0.2, 0) is 52.7 Å². The fourth-order valence-electron chi connectivity index (χ4n) is 5.29. The lowest BCUT2D eigenvalue weighted by atomic mass is 9.80. The lowest BCUT2D eigenvalue weighted by Gasteiger charge is -2.37. The van der Waals surface area contributed by atoms with Crippen LogP contribution in [-0.4, -0.2) is 78.5 Å². The highest BCUT2D eigenvalue weighted by atomic mass is 35.7. The van der Waals surface area contributed by atoms with E-state index < -0.39 is 70.7 Å². The molecule has 49 heavy (non-hydrogen) atoms. The second-order valence-corrected chi connectivity index (χ2v) is 17.1. The van der Waals surface area contributed by atoms with E-state index in [1.807, 2.05) is 91.0 Å². The summed E-state index contributed by atoms with van der Waals surface area (Å²) in [6.45, 7) is -0.350. The van der Waals surface area contributed by atoms with Crippen molar-refractivity contribution in [3.63, 3.8) is 0 Å². The molecule has 0 unspecified atom stereocenters. The molecule has 4 aromatic rings. The minimum atomic E-state index is -4.24. The summed E-state index contributed by atoms with van der Waals surface area (Å²) in [6.07, 6.45) is -2.46. The molecule has 1 fully saturated rings. The third-order valence-electron chi connectivity index (χ3n) is 6.99. The Balaban J connectivity index is 0.00000101. The molecule has 5 rings (SSSR count). The Kier molecular flexibility index (Phi) is 12.0. The summed E-state index contributed by atoms with van der Waals surface area (Å²) in [5, 5.41) is 0. The Labute approximate surface area is 287 Å². The van der Waals surface area contributed by atoms with Gasteiger partial charge in [0.1, 0.15) is 17.8 Å². The molecule has 0 saturated carbocycles. The number of hydrogen-bond donors (Lipinski definition) is 1. The third kappa shape index (κ3) is 10.4. The smallest absolute Gasteiger partial charge is 0.330 e. The first-order valence-electron chi connectivity index (χ1n) is 14.3. The average molecular weight is 757 g/mol. The molecule has 1 aromatic heterocycles. The first kappa shape index (κ1) is 38.1. The Morgan fingerprint density at radius 2 is 1.12 bits per heavy atom. The zero-order valence-corrected chi connectivity index (χ0v) is 29.5. The Morgan fingerprint density at radius 3 is 1.51 bits per heavy atom. The SMILES string of the molecule is CS(=O)(=O)Cl.CS(=O)(=O)O[C@@H]1[C@H](OS(C)(=O)=O)[C@@H](COC(c2ccccc2)(c2ccccc2)c2ccccc2)O[C@H]1n1ccc(=O)[nH]c1=O. The van der Waals surface area contributed by atoms with Crippen LogP contribution in [0.15, 0.2) is 113 Å². The van der Waals surface area contributed by atoms with E-state index in [0.717, 1.165) is 52.3 Å². The second kappa shape index (κ2) is 15.5. The molecule has 1 aliphatic heterocycles. The molecule has 1 N–H and O–H groups in total. The maximum Gasteiger partial charge on any atom is 0.330 e. The summed E-state index contributed by atoms with van der Waals surface area (Å²) < 4.78 is 92.7. The van der Waals surface area contributed by atoms with Gasteiger partial charge in [-0.15, -0.1) is 0 Å². The van der Waals surface area contributed by atoms with E-state index in [1.54, 1.807) is 0 Å². The zero-order chi connectivity index (χ0) is 36.0. The molecule has 1 saturated heterocycles. The summed E-state index contributed by atoms with van der Waals surface area (Å²) in [6, 6.07) is 29.1. The highest BCUT2D eigenvalue weighted by Crippen LogP contribution is 2.42. The van der Waals surface area contributed by atoms with Crippen LogP contribution in [0.4, 0.5) is 0 Å². The standard InChI is InChI=1S/C30H30N2O10S2.CH3ClO2S/c1-43(35,36)41-26-24(40-28(27(26)42-44(2,37)38)32-19-18-25(33)31-29(32)34)20-39-30(21-12-6-3-7-13-21,22-14-8-4-9-15-22)23-16-10-5-11-17-23;1-5(2,3)4/h3-19,24,26-28H,20H2,1-2H3,(H,31,33,34);1H3/t24-,26-,27-,28-;/m1./s1. The number of halogens is 1. The van der Waals surface area contributed by atoms with Crippen molar-refractivity contribution >= 4 is 40.0 Å². The van der Waals surface area contributed by atoms with E-state index in [0.29, 0.717) is 0 Å². The van der Waals surface area contributed by atoms with E-state index >= 15 is 0 Å². The molecule has 264 valence electrons. The number of H-pyrrole nitrogens is 1. The number of aromatic amines is 1. The fraction of sp³-hybridized carbons (Fsp3) is 0.290. The number of aromatic nitrogens is 2. The summed E-state index contributed by atoms with van der Waals surface area (Å²) >= 11 is 0. The Hall–Kier alpha value is -3.68. The number of rotatable bonds is 11. The molecule has 3 aromatic carbocycles. The minimum Gasteiger partial charge on any atom is -0.358 e. The monoisotopic (exact) mass is 756 g/mol. The highest BCUT2D eigenvalue weighted by Gasteiger charge is 2.52. The molecule has 0 bridgehead atoms. The van der Waals surface area contributed by atoms with Gasteiger partial charge >= 0.3 is 5.69 Å². The second-order valence-electron chi connectivity index (χ2n) is 10.9. The van der Waals surface area contributed by atoms with Gasteiger partial charge < -0.3 is 9.47 Å². The third-order valence-corrected chi connectivity index (χ3v) is 8.13. The molecular weight excluding hydrogens is 724 g/mol. The number of benzene rings is 3. The van der Waals surface area contributed by atoms with Gasteiger partial charge in [-0.25, -0.2) is 13.2 Å². The Bertz CT molecular complexity index is 2060. The zero-order valence-electron chi connectivity index (χ0n) is 26.3. The fourth-order valence-corrected chi connectivity index (χ4v) is 6.54. The molecule has 0 spiro atoms. The first-order chi connectivity index (χ1) is 22.9. The van der Waals surface area contributed by atoms with Crippen LogP contribution in [0, 0.1) is 0 Å². The van der Waals surface area contributed by atoms with Gasteiger partial charge in [-0.1, -0.05) is 91.0 Å². The van der Waals surface area contributed by atoms with Crippen molar-refractivity contribution in [1.82, 2.24) is 9.55 Å². The summed E-state index contributed by atoms with van der Waals surface area (Å²) in [4.78, 5) is 26.6. The van der Waals surface area contributed by atoms with E-state index in [9.17, 15) is 34.8 Å². The summed E-state index contributed by atoms with van der Waals surface area (Å²) in [5.41, 5.74) is -0.651. The molecule has 0 radical (unpaired) electrons. The first-order valence-corrected chi connectivity index (χ1v) is 20.7. The van der Waals surface area contributed by atoms with Gasteiger partial charge in [0.15, 0.2) is 12.3 Å². The normalized spacial score (nSPS) is 19.9. The van der Waals surface area contributed by atoms with Crippen LogP contribution in [0.25, 0.3) is 0 Å². The highest BCUT2D eigenvalue weighted by molar-refractivity contribution is 8.13. The summed E-state index contributed by atoms with van der Waals surface area (Å²) in [5.74, 6) is 0. The predicted molar refractivity (Wildman–Crippen MR) is 181 cm³/mol. The number of ether oxygens (including phenoxy) is 2. The van der Waals surface area contributed by atoms with E-state index in [1.165, 1.54) is 0 Å². The molecule has 1 aliphatic rings. The van der Waals surface area contributed by atoms with Gasteiger partial charge in [-0.2, -0.15) is 16.8 Å². The van der Waals surface area contributed by atoms with Gasteiger partial charge in [-0.05, 0) is 16.7 Å². The van der Waals surface area contributed by atoms with E-state index in [-0.39, 0.29) is 6.61 Å². The van der Waals surface area contributed by atoms with E-state index in [2.05, 4.69) is 15.7 Å². The minimum absolute atomic E-state index is 0.350. The molecule has 2 heterocycles. The van der Waals surface area contributed by atoms with Crippen molar-refractivity contribution in [3.8, 4) is 0 Å². The predicted octanol–water partition coefficient (Wildman–Crippen LogP) is 2.32. The molecule has 18 heteroatoms. The van der Waals surface area contributed by atoms with Crippen LogP contribution in [0.5, 0.6) is 0 Å². The van der Waals surface area contributed by atoms with Crippen LogP contribution in [0.3, 0.4) is 0 Å². The summed E-state index contributed by atoms with van der Waals surface area (Å²) in [7, 11) is -7.15. The molecule has 14 nitrogen and oxygen atoms in total. The van der Waals surface area contributed by atoms with Crippen molar-refractivity contribution in [2.75, 3.05) is 25.4 Å². The molecule has 0 aliphatic carbocycles. The lowest BCUT2D eigenvalue weighted by molar-refractivity contribution is -0.0929. The molecule has 0 amide bonds. The van der Waals surface area contributed by atoms with Crippen molar-refractivity contribution in [2.45, 2.75) is 30.1 Å². The quantitative estimate of drug-likeness (QED) is 0.134. The van der Waals surface area contributed by atoms with Gasteiger partial charge in [0, 0.05) is 22.9 Å². The topological polar surface area (TPSA) is 194 Å². The maximum absolute atomic E-state index is 12.7. The number of nitrogens with zero attached hydrogens (tertiary/aromatic N) is 1. The maximum atomic E-state index is 12.7. The van der Waals surface area contributed by atoms with Crippen molar-refractivity contribution in [1.29, 1.82) is 0 Å². The van der Waals surface area contributed by atoms with Crippen molar-refractivity contribution in [3.05, 3.63) is 141 Å². The van der Waals surface area contributed by atoms with Crippen LogP contribution < -0.4 is 11.2 Å². The van der Waals surface area contributed by atoms with Crippen LogP contribution >= 0.6 is 10.7 Å². The molecule has 4 atom stereocenters. The number of hydrogen-bond acceptors (Lipinski definition) is 12. The van der Waals surface area contributed by atoms with Gasteiger partial charge in [0.25, 0.3) is 25.8 Å². The van der Waals surface area contributed by atoms with Crippen LogP contribution in [0.2, 0.25) is 0 Å². The van der Waals surface area contributed by atoms with Crippen molar-refractivity contribution < 1.29 is 43.1 Å². The largest absolute Gasteiger partial charge is 0.358 e. The molecular formula is C31H33ClN2O12S3. The van der Waals surface area contributed by atoms with Gasteiger partial charge in [0.05, 0.1) is 25.4 Å². The van der Waals surface area contributed by atoms with Crippen LogP contribution in [0.1, 0.15) is 22.9 Å².